The molecule has 0 bridgehead atoms. The second-order valence-electron chi connectivity index (χ2n) is 3.68. The fourth-order valence-corrected chi connectivity index (χ4v) is 1.44. The molecule has 0 saturated carbocycles. The summed E-state index contributed by atoms with van der Waals surface area (Å²) in [6, 6.07) is 5.91. The van der Waals surface area contributed by atoms with E-state index in [0.29, 0.717) is 6.54 Å². The number of hydrogen-bond donors (Lipinski definition) is 1. The molecule has 86 valence electrons. The van der Waals surface area contributed by atoms with Crippen molar-refractivity contribution in [2.24, 2.45) is 0 Å². The molecule has 0 aliphatic rings. The molecule has 1 aromatic carbocycles. The topological polar surface area (TPSA) is 29.1 Å². The predicted molar refractivity (Wildman–Crippen MR) is 68.5 cm³/mol. The molecule has 1 aromatic rings. The second-order valence-corrected chi connectivity index (χ2v) is 4.09. The Hall–Kier alpha value is -1.28. The smallest absolute Gasteiger partial charge is 0.216 e. The van der Waals surface area contributed by atoms with Crippen molar-refractivity contribution in [3.8, 4) is 0 Å². The Morgan fingerprint density at radius 3 is 2.88 bits per heavy atom. The van der Waals surface area contributed by atoms with Crippen molar-refractivity contribution in [1.82, 2.24) is 5.32 Å². The number of benzene rings is 1. The van der Waals surface area contributed by atoms with E-state index >= 15 is 0 Å². The minimum absolute atomic E-state index is 0.00994. The summed E-state index contributed by atoms with van der Waals surface area (Å²) >= 11 is 5.93. The average molecular weight is 238 g/mol. The van der Waals surface area contributed by atoms with Crippen LogP contribution in [0, 0.1) is 6.92 Å². The van der Waals surface area contributed by atoms with Gasteiger partial charge in [-0.2, -0.15) is 0 Å². The molecule has 1 amide bonds. The van der Waals surface area contributed by atoms with Gasteiger partial charge in [0.1, 0.15) is 0 Å². The third-order valence-electron chi connectivity index (χ3n) is 2.18. The molecule has 0 aromatic heterocycles. The summed E-state index contributed by atoms with van der Waals surface area (Å²) in [6.07, 6.45) is 4.91. The maximum atomic E-state index is 10.6. The molecule has 1 N–H and O–H groups in total. The first kappa shape index (κ1) is 12.8. The van der Waals surface area contributed by atoms with Crippen molar-refractivity contribution in [1.29, 1.82) is 0 Å². The van der Waals surface area contributed by atoms with E-state index in [-0.39, 0.29) is 5.91 Å². The van der Waals surface area contributed by atoms with Crippen LogP contribution in [0.4, 0.5) is 0 Å². The van der Waals surface area contributed by atoms with Crippen LogP contribution in [0.15, 0.2) is 24.3 Å². The normalized spacial score (nSPS) is 10.7. The van der Waals surface area contributed by atoms with Crippen LogP contribution in [0.2, 0.25) is 5.02 Å². The number of carbonyl (C=O) groups is 1. The van der Waals surface area contributed by atoms with Crippen LogP contribution in [0.3, 0.4) is 0 Å². The lowest BCUT2D eigenvalue weighted by Gasteiger charge is -2.00. The highest BCUT2D eigenvalue weighted by atomic mass is 35.5. The van der Waals surface area contributed by atoms with Gasteiger partial charge in [-0.15, -0.1) is 0 Å². The summed E-state index contributed by atoms with van der Waals surface area (Å²) in [5, 5.41) is 3.53. The molecule has 3 heteroatoms. The lowest BCUT2D eigenvalue weighted by Crippen LogP contribution is -2.20. The number of rotatable bonds is 4. The van der Waals surface area contributed by atoms with E-state index in [9.17, 15) is 4.79 Å². The Kier molecular flexibility index (Phi) is 5.06. The van der Waals surface area contributed by atoms with Gasteiger partial charge in [-0.3, -0.25) is 4.79 Å². The molecule has 2 nitrogen and oxygen atoms in total. The second kappa shape index (κ2) is 6.33. The molecule has 0 aliphatic heterocycles. The van der Waals surface area contributed by atoms with Crippen molar-refractivity contribution in [3.05, 3.63) is 40.4 Å². The first-order chi connectivity index (χ1) is 7.59. The van der Waals surface area contributed by atoms with Gasteiger partial charge in [-0.1, -0.05) is 35.9 Å². The van der Waals surface area contributed by atoms with Gasteiger partial charge in [0.2, 0.25) is 5.91 Å². The maximum Gasteiger partial charge on any atom is 0.216 e. The number of halogens is 1. The van der Waals surface area contributed by atoms with Gasteiger partial charge < -0.3 is 5.32 Å². The van der Waals surface area contributed by atoms with Gasteiger partial charge in [0, 0.05) is 18.5 Å². The summed E-state index contributed by atoms with van der Waals surface area (Å²) in [7, 11) is 0. The van der Waals surface area contributed by atoms with Crippen LogP contribution >= 0.6 is 11.6 Å². The fourth-order valence-electron chi connectivity index (χ4n) is 1.32. The quantitative estimate of drug-likeness (QED) is 0.801. The minimum Gasteiger partial charge on any atom is -0.356 e. The highest BCUT2D eigenvalue weighted by Crippen LogP contribution is 2.17. The zero-order chi connectivity index (χ0) is 12.0. The van der Waals surface area contributed by atoms with E-state index in [4.69, 9.17) is 11.6 Å². The van der Waals surface area contributed by atoms with Gasteiger partial charge in [-0.25, -0.2) is 0 Å². The molecule has 0 spiro atoms. The van der Waals surface area contributed by atoms with E-state index in [0.717, 1.165) is 22.6 Å². The Bertz CT molecular complexity index is 399. The maximum absolute atomic E-state index is 10.6. The van der Waals surface area contributed by atoms with Crippen molar-refractivity contribution in [2.45, 2.75) is 20.3 Å². The molecule has 0 heterocycles. The van der Waals surface area contributed by atoms with Crippen LogP contribution in [0.1, 0.15) is 24.5 Å². The zero-order valence-corrected chi connectivity index (χ0v) is 10.3. The van der Waals surface area contributed by atoms with Crippen molar-refractivity contribution >= 4 is 23.6 Å². The monoisotopic (exact) mass is 237 g/mol. The molecule has 0 radical (unpaired) electrons. The van der Waals surface area contributed by atoms with E-state index in [1.165, 1.54) is 6.92 Å². The Labute approximate surface area is 101 Å². The van der Waals surface area contributed by atoms with Gasteiger partial charge in [0.15, 0.2) is 0 Å². The predicted octanol–water partition coefficient (Wildman–Crippen LogP) is 3.19. The van der Waals surface area contributed by atoms with Gasteiger partial charge in [0.25, 0.3) is 0 Å². The van der Waals surface area contributed by atoms with Crippen molar-refractivity contribution < 1.29 is 4.79 Å². The van der Waals surface area contributed by atoms with Crippen LogP contribution < -0.4 is 5.32 Å². The number of hydrogen-bond acceptors (Lipinski definition) is 1. The Morgan fingerprint density at radius 2 is 2.25 bits per heavy atom. The summed E-state index contributed by atoms with van der Waals surface area (Å²) in [5.74, 6) is 0.00994. The SMILES string of the molecule is CC(=O)NCCC=Cc1ccc(Cl)c(C)c1. The molecule has 0 fully saturated rings. The third-order valence-corrected chi connectivity index (χ3v) is 2.60. The molecule has 0 saturated heterocycles. The van der Waals surface area contributed by atoms with Gasteiger partial charge in [0.05, 0.1) is 0 Å². The van der Waals surface area contributed by atoms with Crippen LogP contribution in [0.5, 0.6) is 0 Å². The van der Waals surface area contributed by atoms with E-state index in [2.05, 4.69) is 5.32 Å². The lowest BCUT2D eigenvalue weighted by molar-refractivity contribution is -0.118. The summed E-state index contributed by atoms with van der Waals surface area (Å²) in [5.41, 5.74) is 2.20. The highest BCUT2D eigenvalue weighted by molar-refractivity contribution is 6.31. The number of nitrogens with one attached hydrogen (secondary N) is 1. The molecule has 0 unspecified atom stereocenters. The zero-order valence-electron chi connectivity index (χ0n) is 9.59. The van der Waals surface area contributed by atoms with Gasteiger partial charge >= 0.3 is 0 Å². The molecule has 0 aliphatic carbocycles. The summed E-state index contributed by atoms with van der Waals surface area (Å²) in [6.45, 7) is 4.18. The molecular weight excluding hydrogens is 222 g/mol. The molecule has 1 rings (SSSR count). The number of amides is 1. The van der Waals surface area contributed by atoms with E-state index < -0.39 is 0 Å². The van der Waals surface area contributed by atoms with E-state index in [1.54, 1.807) is 0 Å². The van der Waals surface area contributed by atoms with Crippen LogP contribution in [-0.2, 0) is 4.79 Å². The number of carbonyl (C=O) groups excluding carboxylic acids is 1. The standard InChI is InChI=1S/C13H16ClNO/c1-10-9-12(6-7-13(10)14)5-3-4-8-15-11(2)16/h3,5-7,9H,4,8H2,1-2H3,(H,15,16). The van der Waals surface area contributed by atoms with E-state index in [1.807, 2.05) is 37.3 Å². The first-order valence-electron chi connectivity index (χ1n) is 5.26. The Morgan fingerprint density at radius 1 is 1.50 bits per heavy atom. The Balaban J connectivity index is 2.44. The van der Waals surface area contributed by atoms with Crippen molar-refractivity contribution in [3.63, 3.8) is 0 Å². The van der Waals surface area contributed by atoms with Crippen LogP contribution in [0.25, 0.3) is 6.08 Å². The molecular formula is C13H16ClNO. The largest absolute Gasteiger partial charge is 0.356 e. The third kappa shape index (κ3) is 4.49. The summed E-state index contributed by atoms with van der Waals surface area (Å²) < 4.78 is 0. The minimum atomic E-state index is 0.00994. The lowest BCUT2D eigenvalue weighted by atomic mass is 10.1. The fraction of sp³-hybridized carbons (Fsp3) is 0.308. The average Bonchev–Trinajstić information content (AvgIpc) is 2.22. The first-order valence-corrected chi connectivity index (χ1v) is 5.64. The molecule has 16 heavy (non-hydrogen) atoms. The van der Waals surface area contributed by atoms with Crippen LogP contribution in [-0.4, -0.2) is 12.5 Å². The molecule has 0 atom stereocenters. The van der Waals surface area contributed by atoms with Gasteiger partial charge in [-0.05, 0) is 30.5 Å². The highest BCUT2D eigenvalue weighted by Gasteiger charge is 1.94. The summed E-state index contributed by atoms with van der Waals surface area (Å²) in [4.78, 5) is 10.6. The number of aryl methyl sites for hydroxylation is 1. The van der Waals surface area contributed by atoms with Crippen molar-refractivity contribution in [2.75, 3.05) is 6.54 Å².